The average molecular weight is 396 g/mol. The van der Waals surface area contributed by atoms with Crippen molar-refractivity contribution in [2.45, 2.75) is 62.5 Å². The van der Waals surface area contributed by atoms with E-state index in [0.29, 0.717) is 5.92 Å². The highest BCUT2D eigenvalue weighted by molar-refractivity contribution is 6.10. The molecule has 1 aromatic carbocycles. The van der Waals surface area contributed by atoms with Crippen LogP contribution in [0.25, 0.3) is 0 Å². The van der Waals surface area contributed by atoms with E-state index in [-0.39, 0.29) is 29.9 Å². The second-order valence-corrected chi connectivity index (χ2v) is 9.12. The number of carbonyl (C=O) groups is 2. The summed E-state index contributed by atoms with van der Waals surface area (Å²) in [6, 6.07) is 6.57. The zero-order valence-corrected chi connectivity index (χ0v) is 16.8. The van der Waals surface area contributed by atoms with Crippen LogP contribution in [0, 0.1) is 5.41 Å². The van der Waals surface area contributed by atoms with Gasteiger partial charge in [0, 0.05) is 12.5 Å². The number of guanidine groups is 1. The van der Waals surface area contributed by atoms with Gasteiger partial charge in [0.15, 0.2) is 11.5 Å². The molecule has 1 aromatic rings. The van der Waals surface area contributed by atoms with E-state index in [1.54, 1.807) is 7.11 Å². The molecule has 0 saturated heterocycles. The van der Waals surface area contributed by atoms with Gasteiger partial charge in [0.2, 0.25) is 5.91 Å². The predicted octanol–water partition coefficient (Wildman–Crippen LogP) is 1.53. The molecule has 0 radical (unpaired) electrons. The van der Waals surface area contributed by atoms with Crippen molar-refractivity contribution < 1.29 is 14.3 Å². The molecule has 2 fully saturated rings. The van der Waals surface area contributed by atoms with Crippen LogP contribution in [-0.4, -0.2) is 42.4 Å². The number of carbonyl (C=O) groups excluding carboxylic acids is 2. The Morgan fingerprint density at radius 2 is 2.00 bits per heavy atom. The van der Waals surface area contributed by atoms with Crippen molar-refractivity contribution in [1.29, 1.82) is 0 Å². The fraction of sp³-hybridized carbons (Fsp3) is 0.591. The van der Waals surface area contributed by atoms with Gasteiger partial charge in [0.25, 0.3) is 5.91 Å². The topological polar surface area (TPSA) is 111 Å². The van der Waals surface area contributed by atoms with E-state index in [1.165, 1.54) is 28.9 Å². The quantitative estimate of drug-likeness (QED) is 0.804. The molecule has 4 N–H and O–H groups in total. The summed E-state index contributed by atoms with van der Waals surface area (Å²) in [7, 11) is 1.75. The first-order valence-electron chi connectivity index (χ1n) is 10.5. The van der Waals surface area contributed by atoms with Crippen molar-refractivity contribution in [1.82, 2.24) is 4.90 Å². The maximum atomic E-state index is 13.9. The molecule has 5 rings (SSSR count). The molecule has 3 aliphatic carbocycles. The first-order valence-corrected chi connectivity index (χ1v) is 10.5. The lowest BCUT2D eigenvalue weighted by molar-refractivity contribution is -0.140. The third-order valence-corrected chi connectivity index (χ3v) is 7.52. The fourth-order valence-electron chi connectivity index (χ4n) is 5.86. The molecule has 1 atom stereocenters. The molecular formula is C22H28N4O3. The zero-order chi connectivity index (χ0) is 20.4. The molecule has 1 heterocycles. The summed E-state index contributed by atoms with van der Waals surface area (Å²) >= 11 is 0. The molecule has 7 nitrogen and oxygen atoms in total. The highest BCUT2D eigenvalue weighted by atomic mass is 16.5. The Labute approximate surface area is 170 Å². The van der Waals surface area contributed by atoms with Gasteiger partial charge >= 0.3 is 0 Å². The molecule has 2 amide bonds. The molecule has 2 saturated carbocycles. The second kappa shape index (κ2) is 6.29. The van der Waals surface area contributed by atoms with Crippen LogP contribution in [0.1, 0.15) is 61.1 Å². The molecule has 154 valence electrons. The first kappa shape index (κ1) is 18.6. The maximum absolute atomic E-state index is 13.9. The third-order valence-electron chi connectivity index (χ3n) is 7.52. The van der Waals surface area contributed by atoms with Crippen molar-refractivity contribution in [3.05, 3.63) is 34.9 Å². The Bertz CT molecular complexity index is 915. The van der Waals surface area contributed by atoms with Crippen molar-refractivity contribution >= 4 is 17.8 Å². The van der Waals surface area contributed by atoms with E-state index in [2.05, 4.69) is 18.2 Å². The molecule has 2 spiro atoms. The van der Waals surface area contributed by atoms with Crippen LogP contribution in [0.5, 0.6) is 0 Å². The number of nitrogens with two attached hydrogens (primary N) is 2. The summed E-state index contributed by atoms with van der Waals surface area (Å²) in [5.41, 5.74) is 13.7. The maximum Gasteiger partial charge on any atom is 0.263 e. The lowest BCUT2D eigenvalue weighted by Gasteiger charge is -2.45. The Morgan fingerprint density at radius 1 is 1.28 bits per heavy atom. The Morgan fingerprint density at radius 3 is 2.62 bits per heavy atom. The first-order chi connectivity index (χ1) is 13.9. The standard InChI is InChI=1S/C22H28N4O3/c1-29-16-6-8-21(9-7-16)11-15-5-4-14(13-2-3-13)10-17(15)22(21)19(28)26(12-18(23)27)20(24)25-22/h4-5,10,13,16H,2-3,6-9,11-12H2,1H3,(H2,23,27)(H2,24,25). The normalized spacial score (nSPS) is 33.4. The number of aliphatic imine (C=N–C) groups is 1. The Hall–Kier alpha value is -2.41. The van der Waals surface area contributed by atoms with Crippen LogP contribution in [0.3, 0.4) is 0 Å². The highest BCUT2D eigenvalue weighted by Gasteiger charge is 2.66. The minimum atomic E-state index is -1.05. The number of nitrogens with zero attached hydrogens (tertiary/aromatic N) is 2. The van der Waals surface area contributed by atoms with E-state index in [0.717, 1.165) is 37.7 Å². The van der Waals surface area contributed by atoms with Gasteiger partial charge in [-0.05, 0) is 67.6 Å². The molecule has 1 aliphatic heterocycles. The van der Waals surface area contributed by atoms with Crippen LogP contribution >= 0.6 is 0 Å². The summed E-state index contributed by atoms with van der Waals surface area (Å²) in [4.78, 5) is 31.6. The van der Waals surface area contributed by atoms with Gasteiger partial charge in [-0.15, -0.1) is 0 Å². The van der Waals surface area contributed by atoms with Crippen molar-refractivity contribution in [3.63, 3.8) is 0 Å². The summed E-state index contributed by atoms with van der Waals surface area (Å²) in [6.45, 7) is -0.232. The van der Waals surface area contributed by atoms with E-state index in [4.69, 9.17) is 21.2 Å². The van der Waals surface area contributed by atoms with E-state index in [1.807, 2.05) is 0 Å². The third kappa shape index (κ3) is 2.56. The minimum Gasteiger partial charge on any atom is -0.381 e. The van der Waals surface area contributed by atoms with Crippen molar-refractivity contribution in [2.75, 3.05) is 13.7 Å². The molecule has 1 unspecified atom stereocenters. The number of fused-ring (bicyclic) bond motifs is 3. The zero-order valence-electron chi connectivity index (χ0n) is 16.8. The molecule has 4 aliphatic rings. The number of hydrogen-bond acceptors (Lipinski definition) is 5. The molecule has 0 bridgehead atoms. The van der Waals surface area contributed by atoms with Gasteiger partial charge in [0.1, 0.15) is 6.54 Å². The smallest absolute Gasteiger partial charge is 0.263 e. The molecule has 0 aromatic heterocycles. The number of benzene rings is 1. The van der Waals surface area contributed by atoms with Crippen LogP contribution < -0.4 is 11.5 Å². The molecular weight excluding hydrogens is 368 g/mol. The van der Waals surface area contributed by atoms with Crippen molar-refractivity contribution in [2.24, 2.45) is 21.9 Å². The Balaban J connectivity index is 1.64. The van der Waals surface area contributed by atoms with Crippen LogP contribution in [-0.2, 0) is 26.3 Å². The van der Waals surface area contributed by atoms with E-state index >= 15 is 0 Å². The fourth-order valence-corrected chi connectivity index (χ4v) is 5.86. The lowest BCUT2D eigenvalue weighted by Crippen LogP contribution is -2.53. The number of primary amides is 1. The summed E-state index contributed by atoms with van der Waals surface area (Å²) < 4.78 is 5.59. The summed E-state index contributed by atoms with van der Waals surface area (Å²) in [5.74, 6) is -0.101. The highest BCUT2D eigenvalue weighted by Crippen LogP contribution is 2.62. The van der Waals surface area contributed by atoms with Crippen LogP contribution in [0.15, 0.2) is 23.2 Å². The number of amides is 2. The number of hydrogen-bond donors (Lipinski definition) is 2. The second-order valence-electron chi connectivity index (χ2n) is 9.12. The largest absolute Gasteiger partial charge is 0.381 e. The van der Waals surface area contributed by atoms with Gasteiger partial charge in [-0.2, -0.15) is 0 Å². The average Bonchev–Trinajstić information content (AvgIpc) is 3.48. The minimum absolute atomic E-state index is 0.103. The number of methoxy groups -OCH3 is 1. The summed E-state index contributed by atoms with van der Waals surface area (Å²) in [6.07, 6.45) is 6.86. The Kier molecular flexibility index (Phi) is 4.04. The van der Waals surface area contributed by atoms with Gasteiger partial charge < -0.3 is 16.2 Å². The van der Waals surface area contributed by atoms with Crippen molar-refractivity contribution in [3.8, 4) is 0 Å². The van der Waals surface area contributed by atoms with E-state index < -0.39 is 11.4 Å². The lowest BCUT2D eigenvalue weighted by atomic mass is 9.61. The van der Waals surface area contributed by atoms with E-state index in [9.17, 15) is 9.59 Å². The van der Waals surface area contributed by atoms with Crippen LogP contribution in [0.2, 0.25) is 0 Å². The van der Waals surface area contributed by atoms with Gasteiger partial charge in [0.05, 0.1) is 6.10 Å². The number of ether oxygens (including phenoxy) is 1. The van der Waals surface area contributed by atoms with Gasteiger partial charge in [-0.25, -0.2) is 4.99 Å². The van der Waals surface area contributed by atoms with Gasteiger partial charge in [-0.3, -0.25) is 14.5 Å². The SMILES string of the molecule is COC1CCC2(CC1)Cc1ccc(C3CC3)cc1C21N=C(N)N(CC(N)=O)C1=O. The molecule has 7 heteroatoms. The summed E-state index contributed by atoms with van der Waals surface area (Å²) in [5, 5.41) is 0. The predicted molar refractivity (Wildman–Crippen MR) is 108 cm³/mol. The van der Waals surface area contributed by atoms with Gasteiger partial charge in [-0.1, -0.05) is 18.2 Å². The molecule has 29 heavy (non-hydrogen) atoms. The monoisotopic (exact) mass is 396 g/mol. The number of rotatable bonds is 4. The van der Waals surface area contributed by atoms with Crippen LogP contribution in [0.4, 0.5) is 0 Å².